The third kappa shape index (κ3) is 2.75. The molecule has 2 N–H and O–H groups in total. The van der Waals surface area contributed by atoms with E-state index < -0.39 is 12.5 Å². The van der Waals surface area contributed by atoms with E-state index >= 15 is 0 Å². The van der Waals surface area contributed by atoms with Gasteiger partial charge in [-0.15, -0.1) is 12.4 Å². The molecule has 0 saturated carbocycles. The molecule has 1 nitrogen and oxygen atoms in total. The largest absolute Gasteiger partial charge is 0.319 e. The lowest BCUT2D eigenvalue weighted by atomic mass is 10.1. The first-order chi connectivity index (χ1) is 5.22. The molecule has 0 heterocycles. The topological polar surface area (TPSA) is 26.0 Å². The van der Waals surface area contributed by atoms with Gasteiger partial charge in [-0.2, -0.15) is 0 Å². The van der Waals surface area contributed by atoms with Crippen LogP contribution in [0.4, 0.5) is 8.78 Å². The van der Waals surface area contributed by atoms with Crippen LogP contribution < -0.4 is 5.73 Å². The van der Waals surface area contributed by atoms with Crippen LogP contribution in [0.1, 0.15) is 11.6 Å². The molecule has 4 heteroatoms. The van der Waals surface area contributed by atoms with Gasteiger partial charge in [0.25, 0.3) is 6.43 Å². The van der Waals surface area contributed by atoms with Crippen molar-refractivity contribution < 1.29 is 8.78 Å². The van der Waals surface area contributed by atoms with Crippen molar-refractivity contribution in [1.29, 1.82) is 0 Å². The van der Waals surface area contributed by atoms with Crippen LogP contribution in [-0.2, 0) is 0 Å². The van der Waals surface area contributed by atoms with Crippen molar-refractivity contribution in [1.82, 2.24) is 0 Å². The number of hydrogen-bond acceptors (Lipinski definition) is 1. The van der Waals surface area contributed by atoms with Crippen molar-refractivity contribution in [3.05, 3.63) is 35.9 Å². The zero-order valence-electron chi connectivity index (χ0n) is 6.28. The van der Waals surface area contributed by atoms with E-state index in [1.807, 2.05) is 0 Å². The molecule has 1 rings (SSSR count). The lowest BCUT2D eigenvalue weighted by molar-refractivity contribution is 0.116. The standard InChI is InChI=1S/C8H9F2N.ClH/c9-8(10)7(11)6-4-2-1-3-5-6;/h1-5,7-8H,11H2;1H. The summed E-state index contributed by atoms with van der Waals surface area (Å²) in [7, 11) is 0. The molecule has 0 bridgehead atoms. The Morgan fingerprint density at radius 3 is 2.00 bits per heavy atom. The van der Waals surface area contributed by atoms with Crippen molar-refractivity contribution in [2.24, 2.45) is 5.73 Å². The fraction of sp³-hybridized carbons (Fsp3) is 0.250. The highest BCUT2D eigenvalue weighted by Gasteiger charge is 2.16. The van der Waals surface area contributed by atoms with Gasteiger partial charge in [-0.1, -0.05) is 30.3 Å². The smallest absolute Gasteiger partial charge is 0.257 e. The van der Waals surface area contributed by atoms with Crippen LogP contribution in [-0.4, -0.2) is 6.43 Å². The third-order valence-electron chi connectivity index (χ3n) is 1.46. The molecule has 0 saturated heterocycles. The Hall–Kier alpha value is -0.670. The summed E-state index contributed by atoms with van der Waals surface area (Å²) in [6, 6.07) is 7.18. The molecule has 0 aliphatic carbocycles. The molecule has 0 spiro atoms. The van der Waals surface area contributed by atoms with E-state index in [1.165, 1.54) is 0 Å². The van der Waals surface area contributed by atoms with E-state index in [9.17, 15) is 8.78 Å². The first kappa shape index (κ1) is 11.3. The van der Waals surface area contributed by atoms with Crippen molar-refractivity contribution in [3.8, 4) is 0 Å². The summed E-state index contributed by atoms with van der Waals surface area (Å²) in [5.74, 6) is 0. The summed E-state index contributed by atoms with van der Waals surface area (Å²) >= 11 is 0. The minimum atomic E-state index is -2.49. The second-order valence-electron chi connectivity index (χ2n) is 2.27. The van der Waals surface area contributed by atoms with Crippen molar-refractivity contribution in [3.63, 3.8) is 0 Å². The fourth-order valence-corrected chi connectivity index (χ4v) is 0.821. The predicted molar refractivity (Wildman–Crippen MR) is 46.6 cm³/mol. The van der Waals surface area contributed by atoms with E-state index in [1.54, 1.807) is 30.3 Å². The van der Waals surface area contributed by atoms with Crippen LogP contribution in [0.2, 0.25) is 0 Å². The van der Waals surface area contributed by atoms with Gasteiger partial charge in [0, 0.05) is 0 Å². The van der Waals surface area contributed by atoms with Crippen molar-refractivity contribution in [2.45, 2.75) is 12.5 Å². The average Bonchev–Trinajstić information content (AvgIpc) is 2.05. The molecule has 0 aliphatic rings. The Morgan fingerprint density at radius 1 is 1.08 bits per heavy atom. The van der Waals surface area contributed by atoms with Gasteiger partial charge in [0.05, 0.1) is 6.04 Å². The molecule has 1 aromatic carbocycles. The number of hydrogen-bond donors (Lipinski definition) is 1. The second kappa shape index (κ2) is 5.06. The molecule has 0 radical (unpaired) electrons. The molecule has 0 aliphatic heterocycles. The summed E-state index contributed by atoms with van der Waals surface area (Å²) in [6.07, 6.45) is -2.49. The van der Waals surface area contributed by atoms with Crippen LogP contribution in [0.3, 0.4) is 0 Å². The minimum absolute atomic E-state index is 0. The second-order valence-corrected chi connectivity index (χ2v) is 2.27. The summed E-state index contributed by atoms with van der Waals surface area (Å²) in [5, 5.41) is 0. The summed E-state index contributed by atoms with van der Waals surface area (Å²) in [6.45, 7) is 0. The van der Waals surface area contributed by atoms with Gasteiger partial charge in [-0.3, -0.25) is 0 Å². The summed E-state index contributed by atoms with van der Waals surface area (Å²) in [4.78, 5) is 0. The van der Waals surface area contributed by atoms with Gasteiger partial charge in [0.2, 0.25) is 0 Å². The van der Waals surface area contributed by atoms with Gasteiger partial charge in [0.1, 0.15) is 0 Å². The van der Waals surface area contributed by atoms with Crippen molar-refractivity contribution in [2.75, 3.05) is 0 Å². The number of halogens is 3. The number of rotatable bonds is 2. The van der Waals surface area contributed by atoms with Crippen molar-refractivity contribution >= 4 is 12.4 Å². The van der Waals surface area contributed by atoms with Gasteiger partial charge >= 0.3 is 0 Å². The normalized spacial score (nSPS) is 12.3. The highest BCUT2D eigenvalue weighted by molar-refractivity contribution is 5.85. The molecule has 0 amide bonds. The molecule has 1 aromatic rings. The van der Waals surface area contributed by atoms with Gasteiger partial charge in [-0.25, -0.2) is 8.78 Å². The lowest BCUT2D eigenvalue weighted by Crippen LogP contribution is -2.18. The third-order valence-corrected chi connectivity index (χ3v) is 1.46. The highest BCUT2D eigenvalue weighted by Crippen LogP contribution is 2.16. The molecular weight excluding hydrogens is 184 g/mol. The minimum Gasteiger partial charge on any atom is -0.319 e. The molecule has 0 aromatic heterocycles. The zero-order valence-corrected chi connectivity index (χ0v) is 7.10. The number of benzene rings is 1. The SMILES string of the molecule is Cl.NC(c1ccccc1)C(F)F. The first-order valence-electron chi connectivity index (χ1n) is 3.30. The van der Waals surface area contributed by atoms with E-state index in [4.69, 9.17) is 5.73 Å². The van der Waals surface area contributed by atoms with Crippen LogP contribution in [0.5, 0.6) is 0 Å². The maximum absolute atomic E-state index is 12.0. The summed E-state index contributed by atoms with van der Waals surface area (Å²) < 4.78 is 24.0. The fourth-order valence-electron chi connectivity index (χ4n) is 0.821. The van der Waals surface area contributed by atoms with E-state index in [0.29, 0.717) is 5.56 Å². The quantitative estimate of drug-likeness (QED) is 0.767. The van der Waals surface area contributed by atoms with Gasteiger partial charge in [0.15, 0.2) is 0 Å². The Morgan fingerprint density at radius 2 is 1.58 bits per heavy atom. The van der Waals surface area contributed by atoms with E-state index in [2.05, 4.69) is 0 Å². The van der Waals surface area contributed by atoms with Crippen LogP contribution >= 0.6 is 12.4 Å². The Balaban J connectivity index is 0.00000121. The number of alkyl halides is 2. The highest BCUT2D eigenvalue weighted by atomic mass is 35.5. The maximum atomic E-state index is 12.0. The van der Waals surface area contributed by atoms with Gasteiger partial charge < -0.3 is 5.73 Å². The first-order valence-corrected chi connectivity index (χ1v) is 3.30. The molecule has 0 fully saturated rings. The Bertz CT molecular complexity index is 216. The molecule has 1 atom stereocenters. The van der Waals surface area contributed by atoms with Gasteiger partial charge in [-0.05, 0) is 5.56 Å². The van der Waals surface area contributed by atoms with Crippen LogP contribution in [0.15, 0.2) is 30.3 Å². The predicted octanol–water partition coefficient (Wildman–Crippen LogP) is 2.37. The van der Waals surface area contributed by atoms with E-state index in [0.717, 1.165) is 0 Å². The monoisotopic (exact) mass is 193 g/mol. The Labute approximate surface area is 76.0 Å². The lowest BCUT2D eigenvalue weighted by Gasteiger charge is -2.09. The molecule has 68 valence electrons. The average molecular weight is 194 g/mol. The van der Waals surface area contributed by atoms with Crippen LogP contribution in [0.25, 0.3) is 0 Å². The molecular formula is C8H10ClF2N. The maximum Gasteiger partial charge on any atom is 0.257 e. The van der Waals surface area contributed by atoms with Crippen LogP contribution in [0, 0.1) is 0 Å². The number of nitrogens with two attached hydrogens (primary N) is 1. The summed E-state index contributed by atoms with van der Waals surface area (Å²) in [5.41, 5.74) is 5.66. The molecule has 1 unspecified atom stereocenters. The Kier molecular flexibility index (Phi) is 4.78. The molecule has 12 heavy (non-hydrogen) atoms. The zero-order chi connectivity index (χ0) is 8.27. The van der Waals surface area contributed by atoms with E-state index in [-0.39, 0.29) is 12.4 Å².